The maximum Gasteiger partial charge on any atom is 3.00 e. The molecule has 10 heavy (non-hydrogen) atoms. The standard InChI is InChI=1S/2CH2O3.Li.Y/c2*2-1(3)4;;/h2*(H2,2,3,4);;/q;;+1;+3/p-4. The molecule has 0 rings (SSSR count). The first-order chi connectivity index (χ1) is 3.46. The van der Waals surface area contributed by atoms with Crippen molar-refractivity contribution in [3.63, 3.8) is 0 Å². The number of hydrogen-bond acceptors (Lipinski definition) is 6. The van der Waals surface area contributed by atoms with E-state index in [0.29, 0.717) is 0 Å². The van der Waals surface area contributed by atoms with Gasteiger partial charge in [0, 0.05) is 0 Å². The third-order valence-electron chi connectivity index (χ3n) is 0. The molecule has 0 fully saturated rings. The fourth-order valence-electron chi connectivity index (χ4n) is 0. The largest absolute Gasteiger partial charge is 3.00 e. The number of rotatable bonds is 0. The summed E-state index contributed by atoms with van der Waals surface area (Å²) in [6.45, 7) is 0. The van der Waals surface area contributed by atoms with Gasteiger partial charge in [-0.1, -0.05) is 0 Å². The van der Waals surface area contributed by atoms with Gasteiger partial charge in [-0.05, 0) is 12.3 Å². The quantitative estimate of drug-likeness (QED) is 0.370. The smallest absolute Gasteiger partial charge is 0.652 e. The van der Waals surface area contributed by atoms with E-state index in [9.17, 15) is 0 Å². The molecule has 0 unspecified atom stereocenters. The van der Waals surface area contributed by atoms with Crippen molar-refractivity contribution < 1.29 is 81.6 Å². The normalized spacial score (nSPS) is 4.80. The predicted octanol–water partition coefficient (Wildman–Crippen LogP) is -7.89. The summed E-state index contributed by atoms with van der Waals surface area (Å²) in [6.07, 6.45) is -4.67. The Labute approximate surface area is 93.3 Å². The molecule has 0 aliphatic rings. The number of carboxylic acid groups (broad SMARTS) is 4. The van der Waals surface area contributed by atoms with Gasteiger partial charge in [0.25, 0.3) is 0 Å². The van der Waals surface area contributed by atoms with Crippen LogP contribution in [0.25, 0.3) is 0 Å². The molecule has 0 heterocycles. The minimum absolute atomic E-state index is 0. The van der Waals surface area contributed by atoms with Gasteiger partial charge in [0.1, 0.15) is 0 Å². The minimum atomic E-state index is -2.33. The van der Waals surface area contributed by atoms with Crippen molar-refractivity contribution in [2.45, 2.75) is 0 Å². The molecule has 0 radical (unpaired) electrons. The van der Waals surface area contributed by atoms with E-state index in [1.165, 1.54) is 0 Å². The molecule has 0 aromatic heterocycles. The Morgan fingerprint density at radius 1 is 0.800 bits per heavy atom. The van der Waals surface area contributed by atoms with Gasteiger partial charge in [-0.2, -0.15) is 0 Å². The Morgan fingerprint density at radius 2 is 0.800 bits per heavy atom. The molecule has 0 aromatic carbocycles. The van der Waals surface area contributed by atoms with Crippen molar-refractivity contribution in [3.8, 4) is 0 Å². The summed E-state index contributed by atoms with van der Waals surface area (Å²) in [6, 6.07) is 0. The van der Waals surface area contributed by atoms with Crippen molar-refractivity contribution in [3.05, 3.63) is 0 Å². The molecule has 48 valence electrons. The predicted molar refractivity (Wildman–Crippen MR) is 10.8 cm³/mol. The van der Waals surface area contributed by atoms with Gasteiger partial charge in [0.05, 0.1) is 0 Å². The number of carbonyl (C=O) groups is 2. The summed E-state index contributed by atoms with van der Waals surface area (Å²) in [5, 5.41) is 33.3. The van der Waals surface area contributed by atoms with Crippen LogP contribution in [0.3, 0.4) is 0 Å². The molecule has 0 spiro atoms. The second-order valence-electron chi connectivity index (χ2n) is 0.500. The average Bonchev–Trinajstić information content (AvgIpc) is 1.25. The van der Waals surface area contributed by atoms with Crippen LogP contribution in [0.1, 0.15) is 0 Å². The van der Waals surface area contributed by atoms with Crippen LogP contribution in [-0.2, 0) is 32.7 Å². The SMILES string of the molecule is O=C([O-])[O-].O=C([O-])[O-].[Li+].[Y+3]. The van der Waals surface area contributed by atoms with Gasteiger partial charge >= 0.3 is 51.6 Å². The molecule has 0 amide bonds. The molecular weight excluding hydrogens is 216 g/mol. The topological polar surface area (TPSA) is 126 Å². The fourth-order valence-corrected chi connectivity index (χ4v) is 0. The van der Waals surface area contributed by atoms with E-state index in [4.69, 9.17) is 30.0 Å². The Balaban J connectivity index is -0.0000000300. The van der Waals surface area contributed by atoms with Gasteiger partial charge in [0.2, 0.25) is 0 Å². The molecule has 8 heteroatoms. The van der Waals surface area contributed by atoms with E-state index >= 15 is 0 Å². The van der Waals surface area contributed by atoms with Crippen LogP contribution in [0.2, 0.25) is 0 Å². The van der Waals surface area contributed by atoms with Crippen LogP contribution in [-0.4, -0.2) is 12.3 Å². The molecule has 0 bridgehead atoms. The second kappa shape index (κ2) is 16.1. The Morgan fingerprint density at radius 3 is 0.800 bits per heavy atom. The third kappa shape index (κ3) is 7420. The number of hydrogen-bond donors (Lipinski definition) is 0. The van der Waals surface area contributed by atoms with Crippen LogP contribution >= 0.6 is 0 Å². The first-order valence-electron chi connectivity index (χ1n) is 1.22. The van der Waals surface area contributed by atoms with Crippen molar-refractivity contribution in [1.29, 1.82) is 0 Å². The van der Waals surface area contributed by atoms with E-state index in [0.717, 1.165) is 0 Å². The van der Waals surface area contributed by atoms with Gasteiger partial charge in [0.15, 0.2) is 0 Å². The fraction of sp³-hybridized carbons (Fsp3) is 0. The molecule has 0 atom stereocenters. The molecular formula is C2LiO6Y. The van der Waals surface area contributed by atoms with Crippen molar-refractivity contribution >= 4 is 12.3 Å². The Kier molecular flexibility index (Phi) is 36.2. The first kappa shape index (κ1) is 22.5. The first-order valence-corrected chi connectivity index (χ1v) is 1.22. The third-order valence-corrected chi connectivity index (χ3v) is 0. The average molecular weight is 216 g/mol. The summed E-state index contributed by atoms with van der Waals surface area (Å²) in [4.78, 5) is 16.7. The monoisotopic (exact) mass is 216 g/mol. The molecule has 0 saturated heterocycles. The second-order valence-corrected chi connectivity index (χ2v) is 0.500. The number of carbonyl (C=O) groups excluding carboxylic acids is 2. The Bertz CT molecular complexity index is 73.7. The minimum Gasteiger partial charge on any atom is -0.652 e. The van der Waals surface area contributed by atoms with Gasteiger partial charge in [-0.15, -0.1) is 0 Å². The summed E-state index contributed by atoms with van der Waals surface area (Å²) < 4.78 is 0. The van der Waals surface area contributed by atoms with E-state index in [2.05, 4.69) is 0 Å². The molecule has 0 saturated carbocycles. The van der Waals surface area contributed by atoms with E-state index in [-0.39, 0.29) is 51.6 Å². The van der Waals surface area contributed by atoms with Crippen molar-refractivity contribution in [1.82, 2.24) is 0 Å². The van der Waals surface area contributed by atoms with Crippen LogP contribution in [0.4, 0.5) is 9.59 Å². The summed E-state index contributed by atoms with van der Waals surface area (Å²) in [5.74, 6) is 0. The van der Waals surface area contributed by atoms with Crippen LogP contribution in [0.15, 0.2) is 0 Å². The zero-order chi connectivity index (χ0) is 7.15. The van der Waals surface area contributed by atoms with Gasteiger partial charge in [-0.3, -0.25) is 0 Å². The van der Waals surface area contributed by atoms with Gasteiger partial charge in [-0.25, -0.2) is 0 Å². The molecule has 0 N–H and O–H groups in total. The molecule has 0 aliphatic heterocycles. The summed E-state index contributed by atoms with van der Waals surface area (Å²) in [7, 11) is 0. The van der Waals surface area contributed by atoms with Crippen molar-refractivity contribution in [2.24, 2.45) is 0 Å². The zero-order valence-corrected chi connectivity index (χ0v) is 7.87. The van der Waals surface area contributed by atoms with Crippen LogP contribution < -0.4 is 39.3 Å². The van der Waals surface area contributed by atoms with E-state index < -0.39 is 12.3 Å². The summed E-state index contributed by atoms with van der Waals surface area (Å²) in [5.41, 5.74) is 0. The molecule has 6 nitrogen and oxygen atoms in total. The zero-order valence-electron chi connectivity index (χ0n) is 5.03. The Hall–Kier alpha value is 0.241. The van der Waals surface area contributed by atoms with Crippen molar-refractivity contribution in [2.75, 3.05) is 0 Å². The molecule has 0 aliphatic carbocycles. The van der Waals surface area contributed by atoms with Crippen LogP contribution in [0, 0.1) is 0 Å². The maximum atomic E-state index is 8.33. The maximum absolute atomic E-state index is 8.33. The van der Waals surface area contributed by atoms with Gasteiger partial charge < -0.3 is 30.0 Å². The van der Waals surface area contributed by atoms with E-state index in [1.54, 1.807) is 0 Å². The summed E-state index contributed by atoms with van der Waals surface area (Å²) >= 11 is 0. The molecule has 0 aromatic rings. The van der Waals surface area contributed by atoms with E-state index in [1.807, 2.05) is 0 Å². The van der Waals surface area contributed by atoms with Crippen LogP contribution in [0.5, 0.6) is 0 Å².